The molecule has 0 saturated heterocycles. The van der Waals surface area contributed by atoms with Crippen LogP contribution in [0, 0.1) is 6.92 Å². The van der Waals surface area contributed by atoms with Crippen molar-refractivity contribution in [1.29, 1.82) is 0 Å². The molecule has 3 heteroatoms. The third kappa shape index (κ3) is 4.30. The van der Waals surface area contributed by atoms with Gasteiger partial charge in [0.15, 0.2) is 5.78 Å². The Hall–Kier alpha value is -1.87. The predicted molar refractivity (Wildman–Crippen MR) is 84.6 cm³/mol. The highest BCUT2D eigenvalue weighted by Crippen LogP contribution is 2.15. The van der Waals surface area contributed by atoms with Gasteiger partial charge in [0.2, 0.25) is 0 Å². The number of likely N-dealkylation sites (N-methyl/N-ethyl adjacent to an activating group) is 1. The van der Waals surface area contributed by atoms with Gasteiger partial charge in [0.25, 0.3) is 0 Å². The average Bonchev–Trinajstić information content (AvgIpc) is 2.83. The number of nitrogens with zero attached hydrogens (tertiary/aromatic N) is 1. The lowest BCUT2D eigenvalue weighted by molar-refractivity contribution is 0.0939. The second kappa shape index (κ2) is 6.72. The van der Waals surface area contributed by atoms with E-state index in [1.807, 2.05) is 55.3 Å². The van der Waals surface area contributed by atoms with Crippen LogP contribution in [-0.2, 0) is 6.54 Å². The minimum atomic E-state index is 0.135. The molecule has 0 saturated carbocycles. The molecule has 2 aromatic rings. The van der Waals surface area contributed by atoms with E-state index in [1.165, 1.54) is 5.56 Å². The first-order valence-corrected chi connectivity index (χ1v) is 7.32. The van der Waals surface area contributed by atoms with Crippen molar-refractivity contribution in [1.82, 2.24) is 4.90 Å². The number of hydrogen-bond acceptors (Lipinski definition) is 3. The highest BCUT2D eigenvalue weighted by molar-refractivity contribution is 5.97. The van der Waals surface area contributed by atoms with Crippen molar-refractivity contribution in [2.24, 2.45) is 0 Å². The van der Waals surface area contributed by atoms with E-state index in [9.17, 15) is 4.79 Å². The molecule has 0 radical (unpaired) electrons. The molecule has 2 rings (SSSR count). The Kier molecular flexibility index (Phi) is 4.97. The van der Waals surface area contributed by atoms with Crippen LogP contribution in [0.3, 0.4) is 0 Å². The smallest absolute Gasteiger partial charge is 0.176 e. The molecule has 0 atom stereocenters. The molecule has 0 amide bonds. The lowest BCUT2D eigenvalue weighted by Gasteiger charge is -2.14. The Balaban J connectivity index is 1.94. The molecule has 0 fully saturated rings. The Morgan fingerprint density at radius 2 is 1.81 bits per heavy atom. The first-order valence-electron chi connectivity index (χ1n) is 7.32. The van der Waals surface area contributed by atoms with Crippen LogP contribution in [0.4, 0.5) is 0 Å². The molecule has 1 aromatic carbocycles. The van der Waals surface area contributed by atoms with Crippen LogP contribution in [0.5, 0.6) is 0 Å². The lowest BCUT2D eigenvalue weighted by Crippen LogP contribution is -2.25. The number of carbonyl (C=O) groups excluding carboxylic acids is 1. The highest BCUT2D eigenvalue weighted by atomic mass is 16.3. The predicted octanol–water partition coefficient (Wildman–Crippen LogP) is 4.03. The van der Waals surface area contributed by atoms with Gasteiger partial charge < -0.3 is 4.42 Å². The zero-order chi connectivity index (χ0) is 15.4. The molecule has 0 bridgehead atoms. The van der Waals surface area contributed by atoms with Crippen LogP contribution in [0.2, 0.25) is 0 Å². The summed E-state index contributed by atoms with van der Waals surface area (Å²) in [5.41, 5.74) is 2.02. The molecular formula is C18H23NO2. The van der Waals surface area contributed by atoms with Crippen LogP contribution in [0.25, 0.3) is 0 Å². The SMILES string of the molecule is Cc1ccc(CN(C)CC(=O)c2ccc(C(C)C)cc2)o1. The fourth-order valence-corrected chi connectivity index (χ4v) is 2.28. The van der Waals surface area contributed by atoms with Gasteiger partial charge in [0, 0.05) is 5.56 Å². The Labute approximate surface area is 126 Å². The van der Waals surface area contributed by atoms with Gasteiger partial charge in [-0.05, 0) is 37.6 Å². The topological polar surface area (TPSA) is 33.5 Å². The molecule has 112 valence electrons. The number of carbonyl (C=O) groups is 1. The summed E-state index contributed by atoms with van der Waals surface area (Å²) in [6, 6.07) is 11.8. The third-order valence-corrected chi connectivity index (χ3v) is 3.53. The summed E-state index contributed by atoms with van der Waals surface area (Å²) in [6.07, 6.45) is 0. The number of hydrogen-bond donors (Lipinski definition) is 0. The molecule has 1 heterocycles. The van der Waals surface area contributed by atoms with Crippen LogP contribution in [0.15, 0.2) is 40.8 Å². The molecule has 21 heavy (non-hydrogen) atoms. The summed E-state index contributed by atoms with van der Waals surface area (Å²) in [4.78, 5) is 14.2. The summed E-state index contributed by atoms with van der Waals surface area (Å²) in [5, 5.41) is 0. The van der Waals surface area contributed by atoms with Crippen LogP contribution in [0.1, 0.15) is 47.2 Å². The van der Waals surface area contributed by atoms with Gasteiger partial charge in [-0.15, -0.1) is 0 Å². The molecule has 0 aliphatic rings. The summed E-state index contributed by atoms with van der Waals surface area (Å²) in [7, 11) is 1.93. The molecular weight excluding hydrogens is 262 g/mol. The van der Waals surface area contributed by atoms with E-state index >= 15 is 0 Å². The minimum absolute atomic E-state index is 0.135. The minimum Gasteiger partial charge on any atom is -0.465 e. The van der Waals surface area contributed by atoms with E-state index in [2.05, 4.69) is 13.8 Å². The molecule has 0 N–H and O–H groups in total. The van der Waals surface area contributed by atoms with Gasteiger partial charge in [0.1, 0.15) is 11.5 Å². The molecule has 0 aliphatic carbocycles. The third-order valence-electron chi connectivity index (χ3n) is 3.53. The van der Waals surface area contributed by atoms with Gasteiger partial charge in [-0.25, -0.2) is 0 Å². The number of rotatable bonds is 6. The zero-order valence-corrected chi connectivity index (χ0v) is 13.2. The van der Waals surface area contributed by atoms with Gasteiger partial charge in [0.05, 0.1) is 13.1 Å². The van der Waals surface area contributed by atoms with E-state index in [4.69, 9.17) is 4.42 Å². The average molecular weight is 285 g/mol. The van der Waals surface area contributed by atoms with Gasteiger partial charge in [-0.3, -0.25) is 9.69 Å². The van der Waals surface area contributed by atoms with E-state index in [0.29, 0.717) is 19.0 Å². The van der Waals surface area contributed by atoms with Crippen LogP contribution < -0.4 is 0 Å². The first-order chi connectivity index (χ1) is 9.95. The summed E-state index contributed by atoms with van der Waals surface area (Å²) >= 11 is 0. The molecule has 3 nitrogen and oxygen atoms in total. The lowest BCUT2D eigenvalue weighted by atomic mass is 10.0. The van der Waals surface area contributed by atoms with Crippen molar-refractivity contribution in [3.05, 3.63) is 59.0 Å². The number of ketones is 1. The zero-order valence-electron chi connectivity index (χ0n) is 13.2. The maximum atomic E-state index is 12.3. The quantitative estimate of drug-likeness (QED) is 0.751. The van der Waals surface area contributed by atoms with Crippen LogP contribution >= 0.6 is 0 Å². The number of furan rings is 1. The molecule has 0 aliphatic heterocycles. The fourth-order valence-electron chi connectivity index (χ4n) is 2.28. The van der Waals surface area contributed by atoms with Crippen molar-refractivity contribution < 1.29 is 9.21 Å². The Morgan fingerprint density at radius 3 is 2.33 bits per heavy atom. The van der Waals surface area contributed by atoms with Crippen molar-refractivity contribution in [2.75, 3.05) is 13.6 Å². The molecule has 1 aromatic heterocycles. The van der Waals surface area contributed by atoms with Crippen LogP contribution in [-0.4, -0.2) is 24.3 Å². The normalized spacial score (nSPS) is 11.3. The van der Waals surface area contributed by atoms with Crippen molar-refractivity contribution in [3.8, 4) is 0 Å². The van der Waals surface area contributed by atoms with Crippen molar-refractivity contribution in [2.45, 2.75) is 33.2 Å². The Bertz CT molecular complexity index is 596. The van der Waals surface area contributed by atoms with Crippen molar-refractivity contribution >= 4 is 5.78 Å². The second-order valence-corrected chi connectivity index (χ2v) is 5.88. The summed E-state index contributed by atoms with van der Waals surface area (Å²) in [5.74, 6) is 2.40. The molecule has 0 spiro atoms. The maximum Gasteiger partial charge on any atom is 0.176 e. The largest absolute Gasteiger partial charge is 0.465 e. The number of Topliss-reactive ketones (excluding diaryl/α,β-unsaturated/α-hetero) is 1. The fraction of sp³-hybridized carbons (Fsp3) is 0.389. The first kappa shape index (κ1) is 15.5. The molecule has 0 unspecified atom stereocenters. The van der Waals surface area contributed by atoms with E-state index < -0.39 is 0 Å². The van der Waals surface area contributed by atoms with E-state index in [-0.39, 0.29) is 5.78 Å². The number of aryl methyl sites for hydroxylation is 1. The van der Waals surface area contributed by atoms with Crippen molar-refractivity contribution in [3.63, 3.8) is 0 Å². The van der Waals surface area contributed by atoms with Gasteiger partial charge >= 0.3 is 0 Å². The van der Waals surface area contributed by atoms with E-state index in [1.54, 1.807) is 0 Å². The monoisotopic (exact) mass is 285 g/mol. The standard InChI is InChI=1S/C18H23NO2/c1-13(2)15-6-8-16(9-7-15)18(20)12-19(4)11-17-10-5-14(3)21-17/h5-10,13H,11-12H2,1-4H3. The second-order valence-electron chi connectivity index (χ2n) is 5.88. The summed E-state index contributed by atoms with van der Waals surface area (Å²) in [6.45, 7) is 7.25. The summed E-state index contributed by atoms with van der Waals surface area (Å²) < 4.78 is 5.53. The van der Waals surface area contributed by atoms with Gasteiger partial charge in [-0.1, -0.05) is 38.1 Å². The van der Waals surface area contributed by atoms with Gasteiger partial charge in [-0.2, -0.15) is 0 Å². The maximum absolute atomic E-state index is 12.3. The van der Waals surface area contributed by atoms with E-state index in [0.717, 1.165) is 17.1 Å². The highest BCUT2D eigenvalue weighted by Gasteiger charge is 2.11. The number of benzene rings is 1. The Morgan fingerprint density at radius 1 is 1.14 bits per heavy atom.